The molecule has 7 heteroatoms. The molecule has 0 aliphatic rings. The van der Waals surface area contributed by atoms with Crippen LogP contribution in [-0.2, 0) is 20.0 Å². The monoisotopic (exact) mass is 397 g/mol. The highest BCUT2D eigenvalue weighted by atomic mass is 16.5. The van der Waals surface area contributed by atoms with E-state index >= 15 is 0 Å². The summed E-state index contributed by atoms with van der Waals surface area (Å²) in [5, 5.41) is 0. The molecule has 0 saturated heterocycles. The number of carbonyl (C=O) groups excluding carboxylic acids is 1. The zero-order valence-corrected chi connectivity index (χ0v) is 17.8. The summed E-state index contributed by atoms with van der Waals surface area (Å²) in [5.74, 6) is 2.56. The molecule has 1 aromatic heterocycles. The van der Waals surface area contributed by atoms with Crippen LogP contribution in [0.15, 0.2) is 30.3 Å². The van der Waals surface area contributed by atoms with E-state index in [2.05, 4.69) is 16.5 Å². The number of methoxy groups -OCH3 is 3. The second-order valence-electron chi connectivity index (χ2n) is 6.84. The number of fused-ring (bicyclic) bond motifs is 1. The van der Waals surface area contributed by atoms with Crippen LogP contribution in [0, 0.1) is 0 Å². The second-order valence-corrected chi connectivity index (χ2v) is 6.84. The topological polar surface area (TPSA) is 65.8 Å². The van der Waals surface area contributed by atoms with Gasteiger partial charge in [0, 0.05) is 32.6 Å². The lowest BCUT2D eigenvalue weighted by Crippen LogP contribution is -2.26. The Bertz CT molecular complexity index is 1020. The molecule has 154 valence electrons. The lowest BCUT2D eigenvalue weighted by atomic mass is 10.1. The third-order valence-electron chi connectivity index (χ3n) is 5.03. The predicted octanol–water partition coefficient (Wildman–Crippen LogP) is 3.43. The van der Waals surface area contributed by atoms with Gasteiger partial charge in [0.25, 0.3) is 5.91 Å². The number of hydrogen-bond donors (Lipinski definition) is 0. The molecule has 0 N–H and O–H groups in total. The van der Waals surface area contributed by atoms with Crippen LogP contribution in [0.25, 0.3) is 11.0 Å². The Morgan fingerprint density at radius 1 is 1.07 bits per heavy atom. The highest BCUT2D eigenvalue weighted by Gasteiger charge is 2.18. The number of imidazole rings is 1. The third-order valence-corrected chi connectivity index (χ3v) is 5.03. The molecule has 0 bridgehead atoms. The summed E-state index contributed by atoms with van der Waals surface area (Å²) >= 11 is 0. The molecule has 0 aliphatic heterocycles. The van der Waals surface area contributed by atoms with Crippen LogP contribution in [0.5, 0.6) is 17.2 Å². The summed E-state index contributed by atoms with van der Waals surface area (Å²) in [4.78, 5) is 19.3. The van der Waals surface area contributed by atoms with E-state index in [1.54, 1.807) is 33.3 Å². The Hall–Kier alpha value is -3.22. The molecule has 3 aromatic rings. The number of aromatic nitrogens is 2. The number of carbonyl (C=O) groups is 1. The van der Waals surface area contributed by atoms with Gasteiger partial charge in [-0.15, -0.1) is 0 Å². The van der Waals surface area contributed by atoms with Crippen molar-refractivity contribution in [1.29, 1.82) is 0 Å². The van der Waals surface area contributed by atoms with Crippen molar-refractivity contribution in [2.24, 2.45) is 7.05 Å². The molecule has 2 aromatic carbocycles. The van der Waals surface area contributed by atoms with Crippen LogP contribution in [0.4, 0.5) is 0 Å². The Morgan fingerprint density at radius 2 is 1.72 bits per heavy atom. The van der Waals surface area contributed by atoms with Gasteiger partial charge < -0.3 is 23.7 Å². The highest BCUT2D eigenvalue weighted by molar-refractivity contribution is 5.97. The van der Waals surface area contributed by atoms with Gasteiger partial charge in [0.15, 0.2) is 11.5 Å². The van der Waals surface area contributed by atoms with Crippen molar-refractivity contribution in [2.75, 3.05) is 28.4 Å². The molecule has 29 heavy (non-hydrogen) atoms. The summed E-state index contributed by atoms with van der Waals surface area (Å²) in [6.45, 7) is 2.47. The SMILES string of the molecule is CCc1nc2cc(C(=O)N(C)Cc3cc(OC)c(OC)c(OC)c3)ccc2n1C. The normalized spacial score (nSPS) is 10.8. The molecule has 7 nitrogen and oxygen atoms in total. The summed E-state index contributed by atoms with van der Waals surface area (Å²) in [5.41, 5.74) is 3.33. The molecule has 0 radical (unpaired) electrons. The fourth-order valence-electron chi connectivity index (χ4n) is 3.49. The summed E-state index contributed by atoms with van der Waals surface area (Å²) in [6.07, 6.45) is 0.843. The van der Waals surface area contributed by atoms with E-state index in [1.807, 2.05) is 37.4 Å². The average molecular weight is 397 g/mol. The van der Waals surface area contributed by atoms with Crippen LogP contribution in [0.2, 0.25) is 0 Å². The number of benzene rings is 2. The van der Waals surface area contributed by atoms with Crippen LogP contribution in [-0.4, -0.2) is 48.7 Å². The Morgan fingerprint density at radius 3 is 2.28 bits per heavy atom. The third kappa shape index (κ3) is 3.85. The Labute approximate surface area is 170 Å². The lowest BCUT2D eigenvalue weighted by molar-refractivity contribution is 0.0785. The highest BCUT2D eigenvalue weighted by Crippen LogP contribution is 2.38. The number of amides is 1. The molecule has 3 rings (SSSR count). The van der Waals surface area contributed by atoms with E-state index < -0.39 is 0 Å². The average Bonchev–Trinajstić information content (AvgIpc) is 3.07. The first-order chi connectivity index (χ1) is 13.9. The van der Waals surface area contributed by atoms with Crippen molar-refractivity contribution < 1.29 is 19.0 Å². The molecule has 0 saturated carbocycles. The van der Waals surface area contributed by atoms with Gasteiger partial charge in [-0.3, -0.25) is 4.79 Å². The summed E-state index contributed by atoms with van der Waals surface area (Å²) in [6, 6.07) is 9.34. The van der Waals surface area contributed by atoms with Crippen molar-refractivity contribution in [3.63, 3.8) is 0 Å². The lowest BCUT2D eigenvalue weighted by Gasteiger charge is -2.19. The standard InChI is InChI=1S/C22H27N3O4/c1-7-20-23-16-12-15(8-9-17(16)25(20)3)22(26)24(2)13-14-10-18(27-4)21(29-6)19(11-14)28-5/h8-12H,7,13H2,1-6H3. The first-order valence-corrected chi connectivity index (χ1v) is 9.43. The van der Waals surface area contributed by atoms with E-state index in [-0.39, 0.29) is 5.91 Å². The Kier molecular flexibility index (Phi) is 5.96. The number of rotatable bonds is 7. The van der Waals surface area contributed by atoms with E-state index in [9.17, 15) is 4.79 Å². The van der Waals surface area contributed by atoms with Crippen molar-refractivity contribution in [2.45, 2.75) is 19.9 Å². The maximum absolute atomic E-state index is 13.0. The zero-order valence-electron chi connectivity index (χ0n) is 17.8. The van der Waals surface area contributed by atoms with E-state index in [0.29, 0.717) is 29.4 Å². The molecule has 0 aliphatic carbocycles. The van der Waals surface area contributed by atoms with Gasteiger partial charge in [-0.25, -0.2) is 4.98 Å². The van der Waals surface area contributed by atoms with Crippen molar-refractivity contribution in [3.8, 4) is 17.2 Å². The van der Waals surface area contributed by atoms with Crippen LogP contribution >= 0.6 is 0 Å². The van der Waals surface area contributed by atoms with E-state index in [0.717, 1.165) is 28.8 Å². The van der Waals surface area contributed by atoms with Gasteiger partial charge in [-0.2, -0.15) is 0 Å². The molecule has 0 spiro atoms. The number of nitrogens with zero attached hydrogens (tertiary/aromatic N) is 3. The van der Waals surface area contributed by atoms with Gasteiger partial charge in [-0.1, -0.05) is 6.92 Å². The smallest absolute Gasteiger partial charge is 0.253 e. The first kappa shape index (κ1) is 20.5. The van der Waals surface area contributed by atoms with Crippen molar-refractivity contribution in [1.82, 2.24) is 14.5 Å². The predicted molar refractivity (Wildman–Crippen MR) is 112 cm³/mol. The molecule has 0 fully saturated rings. The fraction of sp³-hybridized carbons (Fsp3) is 0.364. The van der Waals surface area contributed by atoms with Crippen LogP contribution in [0.3, 0.4) is 0 Å². The zero-order chi connectivity index (χ0) is 21.1. The van der Waals surface area contributed by atoms with Crippen molar-refractivity contribution >= 4 is 16.9 Å². The van der Waals surface area contributed by atoms with Gasteiger partial charge in [-0.05, 0) is 35.9 Å². The van der Waals surface area contributed by atoms with Crippen LogP contribution in [0.1, 0.15) is 28.7 Å². The molecule has 0 atom stereocenters. The van der Waals surface area contributed by atoms with E-state index in [1.165, 1.54) is 0 Å². The number of ether oxygens (including phenoxy) is 3. The maximum Gasteiger partial charge on any atom is 0.253 e. The molecule has 1 amide bonds. The first-order valence-electron chi connectivity index (χ1n) is 9.43. The minimum Gasteiger partial charge on any atom is -0.493 e. The Balaban J connectivity index is 1.86. The summed E-state index contributed by atoms with van der Waals surface area (Å²) < 4.78 is 18.2. The van der Waals surface area contributed by atoms with Gasteiger partial charge in [0.1, 0.15) is 5.82 Å². The summed E-state index contributed by atoms with van der Waals surface area (Å²) in [7, 11) is 8.47. The fourth-order valence-corrected chi connectivity index (χ4v) is 3.49. The molecule has 1 heterocycles. The minimum atomic E-state index is -0.0793. The molecule has 0 unspecified atom stereocenters. The quantitative estimate of drug-likeness (QED) is 0.611. The van der Waals surface area contributed by atoms with Gasteiger partial charge in [0.2, 0.25) is 5.75 Å². The second kappa shape index (κ2) is 8.43. The maximum atomic E-state index is 13.0. The number of aryl methyl sites for hydroxylation is 2. The number of hydrogen-bond acceptors (Lipinski definition) is 5. The van der Waals surface area contributed by atoms with E-state index in [4.69, 9.17) is 14.2 Å². The largest absolute Gasteiger partial charge is 0.493 e. The van der Waals surface area contributed by atoms with Crippen molar-refractivity contribution in [3.05, 3.63) is 47.3 Å². The van der Waals surface area contributed by atoms with Crippen LogP contribution < -0.4 is 14.2 Å². The van der Waals surface area contributed by atoms with Gasteiger partial charge >= 0.3 is 0 Å². The molecular weight excluding hydrogens is 370 g/mol. The van der Waals surface area contributed by atoms with Gasteiger partial charge in [0.05, 0.1) is 32.4 Å². The molecular formula is C22H27N3O4. The minimum absolute atomic E-state index is 0.0793.